The van der Waals surface area contributed by atoms with Crippen molar-refractivity contribution in [1.82, 2.24) is 24.5 Å². The molecule has 7 nitrogen and oxygen atoms in total. The zero-order valence-corrected chi connectivity index (χ0v) is 17.1. The molecule has 0 aliphatic carbocycles. The molecule has 4 aromatic rings. The summed E-state index contributed by atoms with van der Waals surface area (Å²) in [5.41, 5.74) is -0.659. The zero-order valence-electron chi connectivity index (χ0n) is 16.3. The lowest BCUT2D eigenvalue weighted by molar-refractivity contribution is -0.137. The van der Waals surface area contributed by atoms with Crippen LogP contribution >= 0.6 is 11.3 Å². The summed E-state index contributed by atoms with van der Waals surface area (Å²) in [6.45, 7) is 2.61. The largest absolute Gasteiger partial charge is 0.416 e. The van der Waals surface area contributed by atoms with Crippen LogP contribution in [-0.2, 0) is 12.7 Å². The van der Waals surface area contributed by atoms with Crippen LogP contribution in [0.15, 0.2) is 54.0 Å². The second-order valence-corrected chi connectivity index (χ2v) is 7.54. The molecule has 31 heavy (non-hydrogen) atoms. The highest BCUT2D eigenvalue weighted by Crippen LogP contribution is 2.32. The maximum absolute atomic E-state index is 13.2. The zero-order chi connectivity index (χ0) is 22.0. The van der Waals surface area contributed by atoms with Gasteiger partial charge in [-0.1, -0.05) is 19.1 Å². The van der Waals surface area contributed by atoms with Crippen LogP contribution in [0.2, 0.25) is 0 Å². The lowest BCUT2D eigenvalue weighted by atomic mass is 10.2. The van der Waals surface area contributed by atoms with Gasteiger partial charge in [-0.2, -0.15) is 18.3 Å². The first kappa shape index (κ1) is 20.8. The minimum Gasteiger partial charge on any atom is -0.304 e. The summed E-state index contributed by atoms with van der Waals surface area (Å²) in [6, 6.07) is 9.93. The Kier molecular flexibility index (Phi) is 5.59. The van der Waals surface area contributed by atoms with Crippen molar-refractivity contribution in [2.45, 2.75) is 26.1 Å². The molecule has 1 aromatic carbocycles. The number of benzene rings is 1. The van der Waals surface area contributed by atoms with Crippen molar-refractivity contribution in [2.24, 2.45) is 0 Å². The third kappa shape index (κ3) is 4.36. The monoisotopic (exact) mass is 446 g/mol. The molecule has 0 aliphatic rings. The van der Waals surface area contributed by atoms with Gasteiger partial charge in [0.25, 0.3) is 5.91 Å². The Morgan fingerprint density at radius 1 is 1.19 bits per heavy atom. The van der Waals surface area contributed by atoms with Crippen LogP contribution in [0.3, 0.4) is 0 Å². The van der Waals surface area contributed by atoms with Crippen molar-refractivity contribution >= 4 is 23.1 Å². The number of aryl methyl sites for hydroxylation is 1. The lowest BCUT2D eigenvalue weighted by Crippen LogP contribution is -2.17. The fourth-order valence-corrected chi connectivity index (χ4v) is 3.67. The van der Waals surface area contributed by atoms with E-state index >= 15 is 0 Å². The van der Waals surface area contributed by atoms with Crippen molar-refractivity contribution in [3.63, 3.8) is 0 Å². The van der Waals surface area contributed by atoms with Gasteiger partial charge in [0.15, 0.2) is 5.82 Å². The van der Waals surface area contributed by atoms with Crippen molar-refractivity contribution in [3.05, 3.63) is 65.4 Å². The van der Waals surface area contributed by atoms with Gasteiger partial charge in [-0.15, -0.1) is 16.4 Å². The number of carbonyl (C=O) groups excluding carboxylic acids is 1. The van der Waals surface area contributed by atoms with Gasteiger partial charge in [-0.25, -0.2) is 14.3 Å². The van der Waals surface area contributed by atoms with Gasteiger partial charge in [0, 0.05) is 12.6 Å². The van der Waals surface area contributed by atoms with Crippen LogP contribution in [0.5, 0.6) is 0 Å². The van der Waals surface area contributed by atoms with E-state index < -0.39 is 17.6 Å². The predicted octanol–water partition coefficient (Wildman–Crippen LogP) is 4.87. The van der Waals surface area contributed by atoms with E-state index in [1.807, 2.05) is 12.3 Å². The first-order valence-corrected chi connectivity index (χ1v) is 10.3. The SMILES string of the molecule is CCCn1nccc1NC(=O)c1nc(-c2cccs2)n(-c2cccc(C(F)(F)F)c2)n1. The number of hydrogen-bond acceptors (Lipinski definition) is 5. The van der Waals surface area contributed by atoms with Crippen molar-refractivity contribution in [3.8, 4) is 16.4 Å². The van der Waals surface area contributed by atoms with E-state index in [1.54, 1.807) is 29.1 Å². The molecule has 11 heteroatoms. The van der Waals surface area contributed by atoms with Crippen LogP contribution in [-0.4, -0.2) is 30.5 Å². The summed E-state index contributed by atoms with van der Waals surface area (Å²) >= 11 is 1.34. The molecule has 0 atom stereocenters. The Balaban J connectivity index is 1.73. The normalized spacial score (nSPS) is 11.6. The van der Waals surface area contributed by atoms with Gasteiger partial charge >= 0.3 is 6.18 Å². The number of nitrogens with zero attached hydrogens (tertiary/aromatic N) is 5. The van der Waals surface area contributed by atoms with E-state index in [1.165, 1.54) is 28.2 Å². The molecular weight excluding hydrogens is 429 g/mol. The first-order chi connectivity index (χ1) is 14.9. The highest BCUT2D eigenvalue weighted by atomic mass is 32.1. The Morgan fingerprint density at radius 3 is 2.74 bits per heavy atom. The molecular formula is C20H17F3N6OS. The van der Waals surface area contributed by atoms with Crippen LogP contribution < -0.4 is 5.32 Å². The highest BCUT2D eigenvalue weighted by molar-refractivity contribution is 7.13. The van der Waals surface area contributed by atoms with Gasteiger partial charge in [0.1, 0.15) is 5.82 Å². The summed E-state index contributed by atoms with van der Waals surface area (Å²) in [7, 11) is 0. The third-order valence-electron chi connectivity index (χ3n) is 4.36. The molecule has 0 saturated heterocycles. The predicted molar refractivity (Wildman–Crippen MR) is 110 cm³/mol. The molecule has 0 saturated carbocycles. The lowest BCUT2D eigenvalue weighted by Gasteiger charge is -2.09. The minimum atomic E-state index is -4.50. The molecule has 0 spiro atoms. The Hall–Kier alpha value is -3.47. The van der Waals surface area contributed by atoms with Gasteiger partial charge < -0.3 is 5.32 Å². The maximum Gasteiger partial charge on any atom is 0.416 e. The van der Waals surface area contributed by atoms with Gasteiger partial charge in [-0.05, 0) is 36.1 Å². The average molecular weight is 446 g/mol. The molecule has 3 heterocycles. The quantitative estimate of drug-likeness (QED) is 0.458. The molecule has 0 aliphatic heterocycles. The van der Waals surface area contributed by atoms with E-state index in [9.17, 15) is 18.0 Å². The minimum absolute atomic E-state index is 0.154. The molecule has 0 fully saturated rings. The van der Waals surface area contributed by atoms with Crippen molar-refractivity contribution in [2.75, 3.05) is 5.32 Å². The summed E-state index contributed by atoms with van der Waals surface area (Å²) in [5, 5.41) is 12.9. The first-order valence-electron chi connectivity index (χ1n) is 9.38. The second-order valence-electron chi connectivity index (χ2n) is 6.59. The highest BCUT2D eigenvalue weighted by Gasteiger charge is 2.31. The summed E-state index contributed by atoms with van der Waals surface area (Å²) in [6.07, 6.45) is -2.11. The smallest absolute Gasteiger partial charge is 0.304 e. The number of rotatable bonds is 6. The second kappa shape index (κ2) is 8.34. The number of aromatic nitrogens is 5. The molecule has 0 radical (unpaired) electrons. The van der Waals surface area contributed by atoms with Gasteiger partial charge in [0.2, 0.25) is 5.82 Å². The van der Waals surface area contributed by atoms with Crippen LogP contribution in [0, 0.1) is 0 Å². The molecule has 1 amide bonds. The third-order valence-corrected chi connectivity index (χ3v) is 5.23. The number of halogens is 3. The number of anilines is 1. The number of nitrogens with one attached hydrogen (secondary N) is 1. The van der Waals surface area contributed by atoms with E-state index in [2.05, 4.69) is 20.5 Å². The molecule has 3 aromatic heterocycles. The van der Waals surface area contributed by atoms with E-state index in [0.717, 1.165) is 18.6 Å². The van der Waals surface area contributed by atoms with Gasteiger partial charge in [-0.3, -0.25) is 4.79 Å². The van der Waals surface area contributed by atoms with Crippen LogP contribution in [0.25, 0.3) is 16.4 Å². The topological polar surface area (TPSA) is 77.6 Å². The molecule has 0 bridgehead atoms. The number of amides is 1. The van der Waals surface area contributed by atoms with E-state index in [0.29, 0.717) is 17.2 Å². The summed E-state index contributed by atoms with van der Waals surface area (Å²) in [4.78, 5) is 17.8. The van der Waals surface area contributed by atoms with E-state index in [-0.39, 0.29) is 17.3 Å². The fraction of sp³-hybridized carbons (Fsp3) is 0.200. The molecule has 0 unspecified atom stereocenters. The number of hydrogen-bond donors (Lipinski definition) is 1. The maximum atomic E-state index is 13.2. The number of alkyl halides is 3. The standard InChI is InChI=1S/C20H17F3N6OS/c1-2-10-28-16(8-9-24-28)25-19(30)17-26-18(15-7-4-11-31-15)29(27-17)14-6-3-5-13(12-14)20(21,22)23/h3-9,11-12H,2,10H2,1H3,(H,25,30). The number of thiophene rings is 1. The van der Waals surface area contributed by atoms with Crippen LogP contribution in [0.4, 0.5) is 19.0 Å². The molecule has 1 N–H and O–H groups in total. The summed E-state index contributed by atoms with van der Waals surface area (Å²) < 4.78 is 42.5. The Morgan fingerprint density at radius 2 is 2.03 bits per heavy atom. The van der Waals surface area contributed by atoms with E-state index in [4.69, 9.17) is 0 Å². The van der Waals surface area contributed by atoms with Gasteiger partial charge in [0.05, 0.1) is 22.3 Å². The Labute approximate surface area is 179 Å². The van der Waals surface area contributed by atoms with Crippen molar-refractivity contribution in [1.29, 1.82) is 0 Å². The molecule has 4 rings (SSSR count). The van der Waals surface area contributed by atoms with Crippen molar-refractivity contribution < 1.29 is 18.0 Å². The number of carbonyl (C=O) groups is 1. The average Bonchev–Trinajstić information content (AvgIpc) is 3.48. The Bertz CT molecular complexity index is 1200. The molecule has 160 valence electrons. The fourth-order valence-electron chi connectivity index (χ4n) is 2.97. The summed E-state index contributed by atoms with van der Waals surface area (Å²) in [5.74, 6) is 0.0212. The van der Waals surface area contributed by atoms with Crippen LogP contribution in [0.1, 0.15) is 29.5 Å².